The molecule has 0 spiro atoms. The summed E-state index contributed by atoms with van der Waals surface area (Å²) in [4.78, 5) is 13.1. The monoisotopic (exact) mass is 251 g/mol. The Labute approximate surface area is 108 Å². The van der Waals surface area contributed by atoms with Crippen molar-refractivity contribution in [3.63, 3.8) is 0 Å². The van der Waals surface area contributed by atoms with Crippen molar-refractivity contribution in [2.75, 3.05) is 31.2 Å². The van der Waals surface area contributed by atoms with Crippen molar-refractivity contribution in [3.05, 3.63) is 29.3 Å². The molecule has 0 fully saturated rings. The van der Waals surface area contributed by atoms with Crippen LogP contribution in [-0.2, 0) is 4.74 Å². The molecule has 1 aromatic rings. The first-order valence-electron chi connectivity index (χ1n) is 6.26. The Morgan fingerprint density at radius 3 is 2.61 bits per heavy atom. The summed E-state index contributed by atoms with van der Waals surface area (Å²) in [5.41, 5.74) is 2.19. The number of hydrogen-bond acceptors (Lipinski definition) is 3. The second-order valence-electron chi connectivity index (χ2n) is 4.08. The van der Waals surface area contributed by atoms with Crippen molar-refractivity contribution < 1.29 is 14.6 Å². The van der Waals surface area contributed by atoms with Gasteiger partial charge in [-0.05, 0) is 44.5 Å². The molecule has 0 aliphatic carbocycles. The predicted octanol–water partition coefficient (Wildman–Crippen LogP) is 2.56. The third-order valence-corrected chi connectivity index (χ3v) is 2.90. The highest BCUT2D eigenvalue weighted by atomic mass is 16.5. The summed E-state index contributed by atoms with van der Waals surface area (Å²) in [6.07, 6.45) is 0. The van der Waals surface area contributed by atoms with Gasteiger partial charge in [0.05, 0.1) is 12.2 Å². The number of hydrogen-bond donors (Lipinski definition) is 1. The predicted molar refractivity (Wildman–Crippen MR) is 72.5 cm³/mol. The Morgan fingerprint density at radius 2 is 2.11 bits per heavy atom. The highest BCUT2D eigenvalue weighted by Crippen LogP contribution is 2.19. The van der Waals surface area contributed by atoms with E-state index in [2.05, 4.69) is 11.8 Å². The molecular weight excluding hydrogens is 230 g/mol. The van der Waals surface area contributed by atoms with Gasteiger partial charge in [-0.3, -0.25) is 0 Å². The Balaban J connectivity index is 2.80. The van der Waals surface area contributed by atoms with Crippen molar-refractivity contribution in [1.29, 1.82) is 0 Å². The fourth-order valence-corrected chi connectivity index (χ4v) is 1.87. The van der Waals surface area contributed by atoms with Crippen LogP contribution in [0.1, 0.15) is 29.8 Å². The van der Waals surface area contributed by atoms with Crippen LogP contribution in [0.2, 0.25) is 0 Å². The van der Waals surface area contributed by atoms with E-state index in [4.69, 9.17) is 9.84 Å². The lowest BCUT2D eigenvalue weighted by molar-refractivity contribution is 0.0696. The van der Waals surface area contributed by atoms with Crippen LogP contribution in [-0.4, -0.2) is 37.4 Å². The SMILES string of the molecule is CCOCCN(CC)c1ccc(C(=O)O)c(C)c1. The Morgan fingerprint density at radius 1 is 1.39 bits per heavy atom. The molecule has 0 aromatic heterocycles. The fraction of sp³-hybridized carbons (Fsp3) is 0.500. The minimum absolute atomic E-state index is 0.361. The number of benzene rings is 1. The molecule has 0 unspecified atom stereocenters. The molecule has 1 N–H and O–H groups in total. The number of rotatable bonds is 7. The molecule has 4 heteroatoms. The maximum Gasteiger partial charge on any atom is 0.335 e. The zero-order chi connectivity index (χ0) is 13.5. The number of anilines is 1. The third kappa shape index (κ3) is 3.74. The van der Waals surface area contributed by atoms with Crippen molar-refractivity contribution >= 4 is 11.7 Å². The van der Waals surface area contributed by atoms with E-state index < -0.39 is 5.97 Å². The van der Waals surface area contributed by atoms with Crippen LogP contribution in [0.15, 0.2) is 18.2 Å². The zero-order valence-corrected chi connectivity index (χ0v) is 11.3. The summed E-state index contributed by atoms with van der Waals surface area (Å²) in [7, 11) is 0. The molecule has 100 valence electrons. The summed E-state index contributed by atoms with van der Waals surface area (Å²) in [6, 6.07) is 5.43. The van der Waals surface area contributed by atoms with Gasteiger partial charge in [0, 0.05) is 25.4 Å². The van der Waals surface area contributed by atoms with Crippen LogP contribution in [0.4, 0.5) is 5.69 Å². The molecule has 0 aliphatic rings. The molecule has 0 saturated carbocycles. The lowest BCUT2D eigenvalue weighted by Crippen LogP contribution is -2.27. The number of likely N-dealkylation sites (N-methyl/N-ethyl adjacent to an activating group) is 1. The molecule has 0 radical (unpaired) electrons. The molecular formula is C14H21NO3. The summed E-state index contributed by atoms with van der Waals surface area (Å²) in [6.45, 7) is 8.96. The van der Waals surface area contributed by atoms with E-state index in [0.717, 1.165) is 24.3 Å². The van der Waals surface area contributed by atoms with E-state index in [0.29, 0.717) is 18.8 Å². The summed E-state index contributed by atoms with van der Waals surface area (Å²) < 4.78 is 5.34. The van der Waals surface area contributed by atoms with Crippen molar-refractivity contribution in [3.8, 4) is 0 Å². The van der Waals surface area contributed by atoms with Crippen LogP contribution >= 0.6 is 0 Å². The lowest BCUT2D eigenvalue weighted by Gasteiger charge is -2.23. The zero-order valence-electron chi connectivity index (χ0n) is 11.3. The van der Waals surface area contributed by atoms with E-state index in [9.17, 15) is 4.79 Å². The minimum Gasteiger partial charge on any atom is -0.478 e. The van der Waals surface area contributed by atoms with Crippen LogP contribution < -0.4 is 4.90 Å². The second-order valence-corrected chi connectivity index (χ2v) is 4.08. The van der Waals surface area contributed by atoms with Gasteiger partial charge in [-0.15, -0.1) is 0 Å². The first-order valence-corrected chi connectivity index (χ1v) is 6.26. The first kappa shape index (κ1) is 14.5. The van der Waals surface area contributed by atoms with Gasteiger partial charge in [-0.2, -0.15) is 0 Å². The molecule has 0 atom stereocenters. The second kappa shape index (κ2) is 7.01. The smallest absolute Gasteiger partial charge is 0.335 e. The van der Waals surface area contributed by atoms with E-state index in [1.165, 1.54) is 0 Å². The maximum atomic E-state index is 10.9. The Bertz CT molecular complexity index is 404. The minimum atomic E-state index is -0.878. The average Bonchev–Trinajstić information content (AvgIpc) is 2.34. The van der Waals surface area contributed by atoms with E-state index in [1.807, 2.05) is 26.0 Å². The van der Waals surface area contributed by atoms with E-state index in [-0.39, 0.29) is 0 Å². The van der Waals surface area contributed by atoms with Crippen molar-refractivity contribution in [1.82, 2.24) is 0 Å². The molecule has 0 bridgehead atoms. The number of aromatic carboxylic acids is 1. The number of carboxylic acid groups (broad SMARTS) is 1. The van der Waals surface area contributed by atoms with Gasteiger partial charge in [0.25, 0.3) is 0 Å². The van der Waals surface area contributed by atoms with Gasteiger partial charge in [0.15, 0.2) is 0 Å². The largest absolute Gasteiger partial charge is 0.478 e. The van der Waals surface area contributed by atoms with E-state index in [1.54, 1.807) is 6.07 Å². The van der Waals surface area contributed by atoms with Gasteiger partial charge in [0.2, 0.25) is 0 Å². The highest BCUT2D eigenvalue weighted by Gasteiger charge is 2.10. The van der Waals surface area contributed by atoms with Gasteiger partial charge in [0.1, 0.15) is 0 Å². The summed E-state index contributed by atoms with van der Waals surface area (Å²) in [5.74, 6) is -0.878. The van der Waals surface area contributed by atoms with Gasteiger partial charge < -0.3 is 14.7 Å². The Kier molecular flexibility index (Phi) is 5.65. The molecule has 0 saturated heterocycles. The lowest BCUT2D eigenvalue weighted by atomic mass is 10.1. The maximum absolute atomic E-state index is 10.9. The molecule has 18 heavy (non-hydrogen) atoms. The average molecular weight is 251 g/mol. The summed E-state index contributed by atoms with van der Waals surface area (Å²) >= 11 is 0. The van der Waals surface area contributed by atoms with Crippen LogP contribution in [0.5, 0.6) is 0 Å². The number of aryl methyl sites for hydroxylation is 1. The molecule has 0 aliphatic heterocycles. The quantitative estimate of drug-likeness (QED) is 0.757. The van der Waals surface area contributed by atoms with Crippen LogP contribution in [0.25, 0.3) is 0 Å². The van der Waals surface area contributed by atoms with Gasteiger partial charge in [-0.1, -0.05) is 0 Å². The van der Waals surface area contributed by atoms with Crippen molar-refractivity contribution in [2.24, 2.45) is 0 Å². The number of ether oxygens (including phenoxy) is 1. The van der Waals surface area contributed by atoms with E-state index >= 15 is 0 Å². The third-order valence-electron chi connectivity index (χ3n) is 2.90. The molecule has 4 nitrogen and oxygen atoms in total. The van der Waals surface area contributed by atoms with Gasteiger partial charge in [-0.25, -0.2) is 4.79 Å². The highest BCUT2D eigenvalue weighted by molar-refractivity contribution is 5.89. The number of carbonyl (C=O) groups is 1. The molecule has 0 heterocycles. The number of nitrogens with zero attached hydrogens (tertiary/aromatic N) is 1. The first-order chi connectivity index (χ1) is 8.60. The molecule has 1 aromatic carbocycles. The summed E-state index contributed by atoms with van der Waals surface area (Å²) in [5, 5.41) is 8.99. The fourth-order valence-electron chi connectivity index (χ4n) is 1.87. The molecule has 1 rings (SSSR count). The van der Waals surface area contributed by atoms with Crippen molar-refractivity contribution in [2.45, 2.75) is 20.8 Å². The van der Waals surface area contributed by atoms with Crippen LogP contribution in [0.3, 0.4) is 0 Å². The standard InChI is InChI=1S/C14H21NO3/c1-4-15(8-9-18-5-2)12-6-7-13(14(16)17)11(3)10-12/h6-7,10H,4-5,8-9H2,1-3H3,(H,16,17). The van der Waals surface area contributed by atoms with Crippen LogP contribution in [0, 0.1) is 6.92 Å². The number of carboxylic acids is 1. The topological polar surface area (TPSA) is 49.8 Å². The normalized spacial score (nSPS) is 10.4. The van der Waals surface area contributed by atoms with Gasteiger partial charge >= 0.3 is 5.97 Å². The molecule has 0 amide bonds. The Hall–Kier alpha value is -1.55.